The van der Waals surface area contributed by atoms with Gasteiger partial charge in [-0.1, -0.05) is 27.5 Å². The number of nitrogens with zero attached hydrogens (tertiary/aromatic N) is 1. The molecule has 1 amide bonds. The highest BCUT2D eigenvalue weighted by Gasteiger charge is 2.17. The van der Waals surface area contributed by atoms with Crippen molar-refractivity contribution in [2.24, 2.45) is 0 Å². The minimum absolute atomic E-state index is 0.0649. The van der Waals surface area contributed by atoms with Crippen LogP contribution in [-0.2, 0) is 0 Å². The number of aryl methyl sites for hydroxylation is 1. The first-order chi connectivity index (χ1) is 9.86. The van der Waals surface area contributed by atoms with E-state index in [1.54, 1.807) is 12.1 Å². The Morgan fingerprint density at radius 1 is 1.29 bits per heavy atom. The Bertz CT molecular complexity index is 714. The lowest BCUT2D eigenvalue weighted by molar-refractivity contribution is -0.383. The van der Waals surface area contributed by atoms with Crippen LogP contribution in [0.2, 0.25) is 5.02 Å². The smallest absolute Gasteiger partial charge is 0.292 e. The van der Waals surface area contributed by atoms with E-state index in [0.717, 1.165) is 10.0 Å². The van der Waals surface area contributed by atoms with Crippen molar-refractivity contribution in [3.05, 3.63) is 67.1 Å². The molecule has 2 rings (SSSR count). The number of nitro benzene ring substituents is 1. The Hall–Kier alpha value is -1.92. The summed E-state index contributed by atoms with van der Waals surface area (Å²) in [4.78, 5) is 22.6. The average molecular weight is 370 g/mol. The Balaban J connectivity index is 2.35. The fourth-order valence-electron chi connectivity index (χ4n) is 1.83. The van der Waals surface area contributed by atoms with Crippen LogP contribution in [0, 0.1) is 17.0 Å². The molecule has 0 aliphatic heterocycles. The first kappa shape index (κ1) is 15.5. The number of hydrogen-bond donors (Lipinski definition) is 1. The Labute approximate surface area is 134 Å². The predicted molar refractivity (Wildman–Crippen MR) is 84.9 cm³/mol. The molecule has 0 heterocycles. The highest BCUT2D eigenvalue weighted by Crippen LogP contribution is 2.28. The van der Waals surface area contributed by atoms with Crippen molar-refractivity contribution in [2.75, 3.05) is 5.32 Å². The molecule has 0 aliphatic carbocycles. The van der Waals surface area contributed by atoms with Gasteiger partial charge in [0.25, 0.3) is 11.6 Å². The molecule has 21 heavy (non-hydrogen) atoms. The van der Waals surface area contributed by atoms with Gasteiger partial charge in [-0.3, -0.25) is 14.9 Å². The molecule has 108 valence electrons. The number of hydrogen-bond acceptors (Lipinski definition) is 3. The van der Waals surface area contributed by atoms with Gasteiger partial charge in [-0.25, -0.2) is 0 Å². The lowest BCUT2D eigenvalue weighted by Gasteiger charge is -2.07. The summed E-state index contributed by atoms with van der Waals surface area (Å²) in [5.74, 6) is -0.440. The number of benzene rings is 2. The van der Waals surface area contributed by atoms with E-state index in [0.29, 0.717) is 10.6 Å². The summed E-state index contributed by atoms with van der Waals surface area (Å²) in [5.41, 5.74) is 1.15. The van der Waals surface area contributed by atoms with E-state index >= 15 is 0 Å². The summed E-state index contributed by atoms with van der Waals surface area (Å²) in [5, 5.41) is 13.8. The molecule has 0 atom stereocenters. The summed E-state index contributed by atoms with van der Waals surface area (Å²) in [7, 11) is 0. The average Bonchev–Trinajstić information content (AvgIpc) is 2.37. The molecule has 0 aliphatic rings. The second kappa shape index (κ2) is 6.24. The van der Waals surface area contributed by atoms with Crippen LogP contribution in [0.5, 0.6) is 0 Å². The van der Waals surface area contributed by atoms with Crippen LogP contribution in [0.25, 0.3) is 0 Å². The normalized spacial score (nSPS) is 10.2. The molecular weight excluding hydrogens is 360 g/mol. The van der Waals surface area contributed by atoms with Crippen LogP contribution < -0.4 is 5.32 Å². The fourth-order valence-corrected chi connectivity index (χ4v) is 2.61. The lowest BCUT2D eigenvalue weighted by atomic mass is 10.1. The zero-order valence-corrected chi connectivity index (χ0v) is 13.2. The van der Waals surface area contributed by atoms with Crippen molar-refractivity contribution < 1.29 is 9.72 Å². The second-order valence-electron chi connectivity index (χ2n) is 4.39. The van der Waals surface area contributed by atoms with Gasteiger partial charge in [-0.2, -0.15) is 0 Å². The van der Waals surface area contributed by atoms with Gasteiger partial charge >= 0.3 is 0 Å². The van der Waals surface area contributed by atoms with Crippen LogP contribution in [0.15, 0.2) is 40.9 Å². The number of anilines is 1. The van der Waals surface area contributed by atoms with Crippen molar-refractivity contribution in [3.63, 3.8) is 0 Å². The van der Waals surface area contributed by atoms with Gasteiger partial charge in [-0.15, -0.1) is 0 Å². The molecule has 0 saturated heterocycles. The van der Waals surface area contributed by atoms with Crippen molar-refractivity contribution >= 4 is 44.8 Å². The lowest BCUT2D eigenvalue weighted by Crippen LogP contribution is -2.13. The molecule has 7 heteroatoms. The summed E-state index contributed by atoms with van der Waals surface area (Å²) in [6, 6.07) is 9.19. The molecular formula is C14H10BrClN2O3. The van der Waals surface area contributed by atoms with Crippen LogP contribution in [0.1, 0.15) is 15.9 Å². The molecule has 0 aromatic heterocycles. The highest BCUT2D eigenvalue weighted by molar-refractivity contribution is 9.10. The number of carbonyl (C=O) groups is 1. The molecule has 0 radical (unpaired) electrons. The third-order valence-corrected chi connectivity index (χ3v) is 3.40. The van der Waals surface area contributed by atoms with Crippen molar-refractivity contribution in [1.82, 2.24) is 0 Å². The van der Waals surface area contributed by atoms with Crippen molar-refractivity contribution in [1.29, 1.82) is 0 Å². The predicted octanol–water partition coefficient (Wildman–Crippen LogP) is 4.57. The number of nitrogens with one attached hydrogen (secondary N) is 1. The summed E-state index contributed by atoms with van der Waals surface area (Å²) >= 11 is 9.13. The standard InChI is InChI=1S/C14H10BrClN2O3/c1-8-4-9(6-10(15)5-8)14(19)17-12-7-11(16)2-3-13(12)18(20)21/h2-7H,1H3,(H,17,19). The van der Waals surface area contributed by atoms with Gasteiger partial charge in [0.2, 0.25) is 0 Å². The van der Waals surface area contributed by atoms with E-state index in [9.17, 15) is 14.9 Å². The van der Waals surface area contributed by atoms with Gasteiger partial charge < -0.3 is 5.32 Å². The van der Waals surface area contributed by atoms with E-state index in [1.807, 2.05) is 13.0 Å². The van der Waals surface area contributed by atoms with Crippen molar-refractivity contribution in [2.45, 2.75) is 6.92 Å². The highest BCUT2D eigenvalue weighted by atomic mass is 79.9. The number of amides is 1. The minimum Gasteiger partial charge on any atom is -0.316 e. The summed E-state index contributed by atoms with van der Waals surface area (Å²) in [6.07, 6.45) is 0. The first-order valence-corrected chi connectivity index (χ1v) is 7.06. The topological polar surface area (TPSA) is 72.2 Å². The minimum atomic E-state index is -0.571. The SMILES string of the molecule is Cc1cc(Br)cc(C(=O)Nc2cc(Cl)ccc2[N+](=O)[O-])c1. The maximum atomic E-state index is 12.2. The number of nitro groups is 1. The Kier molecular flexibility index (Phi) is 4.59. The number of carbonyl (C=O) groups excluding carboxylic acids is 1. The van der Waals surface area contributed by atoms with E-state index in [2.05, 4.69) is 21.2 Å². The van der Waals surface area contributed by atoms with Crippen LogP contribution >= 0.6 is 27.5 Å². The maximum Gasteiger partial charge on any atom is 0.292 e. The number of rotatable bonds is 3. The van der Waals surface area contributed by atoms with Gasteiger partial charge in [0.05, 0.1) is 4.92 Å². The van der Waals surface area contributed by atoms with Crippen LogP contribution in [0.3, 0.4) is 0 Å². The van der Waals surface area contributed by atoms with E-state index < -0.39 is 10.8 Å². The molecule has 0 saturated carbocycles. The van der Waals surface area contributed by atoms with Crippen LogP contribution in [0.4, 0.5) is 11.4 Å². The summed E-state index contributed by atoms with van der Waals surface area (Å²) in [6.45, 7) is 1.85. The third-order valence-electron chi connectivity index (χ3n) is 2.71. The molecule has 0 spiro atoms. The molecule has 0 fully saturated rings. The molecule has 1 N–H and O–H groups in total. The summed E-state index contributed by atoms with van der Waals surface area (Å²) < 4.78 is 0.758. The first-order valence-electron chi connectivity index (χ1n) is 5.89. The van der Waals surface area contributed by atoms with Crippen molar-refractivity contribution in [3.8, 4) is 0 Å². The molecule has 0 bridgehead atoms. The molecule has 2 aromatic carbocycles. The Morgan fingerprint density at radius 3 is 2.62 bits per heavy atom. The van der Waals surface area contributed by atoms with E-state index in [-0.39, 0.29) is 11.4 Å². The van der Waals surface area contributed by atoms with Gasteiger partial charge in [-0.05, 0) is 42.8 Å². The second-order valence-corrected chi connectivity index (χ2v) is 5.74. The molecule has 0 unspecified atom stereocenters. The zero-order chi connectivity index (χ0) is 15.6. The fraction of sp³-hybridized carbons (Fsp3) is 0.0714. The third kappa shape index (κ3) is 3.80. The van der Waals surface area contributed by atoms with Gasteiger partial charge in [0, 0.05) is 21.1 Å². The van der Waals surface area contributed by atoms with E-state index in [1.165, 1.54) is 18.2 Å². The van der Waals surface area contributed by atoms with Gasteiger partial charge in [0.1, 0.15) is 5.69 Å². The zero-order valence-electron chi connectivity index (χ0n) is 10.9. The Morgan fingerprint density at radius 2 is 2.00 bits per heavy atom. The van der Waals surface area contributed by atoms with E-state index in [4.69, 9.17) is 11.6 Å². The quantitative estimate of drug-likeness (QED) is 0.636. The van der Waals surface area contributed by atoms with Gasteiger partial charge in [0.15, 0.2) is 0 Å². The largest absolute Gasteiger partial charge is 0.316 e. The van der Waals surface area contributed by atoms with Crippen LogP contribution in [-0.4, -0.2) is 10.8 Å². The number of halogens is 2. The molecule has 5 nitrogen and oxygen atoms in total. The molecule has 2 aromatic rings. The monoisotopic (exact) mass is 368 g/mol. The maximum absolute atomic E-state index is 12.2.